The Morgan fingerprint density at radius 2 is 2.09 bits per heavy atom. The largest absolute Gasteiger partial charge is 0.398 e. The lowest BCUT2D eigenvalue weighted by Gasteiger charge is -1.96. The number of nitrogen functional groups attached to an aromatic ring is 1. The molecule has 0 saturated carbocycles. The van der Waals surface area contributed by atoms with Crippen LogP contribution in [-0.4, -0.2) is 0 Å². The highest BCUT2D eigenvalue weighted by atomic mass is 127. The zero-order valence-electron chi connectivity index (χ0n) is 5.67. The third kappa shape index (κ3) is 1.12. The van der Waals surface area contributed by atoms with Crippen LogP contribution < -0.4 is 5.73 Å². The second-order valence-corrected chi connectivity index (χ2v) is 4.38. The van der Waals surface area contributed by atoms with Gasteiger partial charge in [0.1, 0.15) is 0 Å². The van der Waals surface area contributed by atoms with Gasteiger partial charge in [-0.25, -0.2) is 0 Å². The molecule has 1 nitrogen and oxygen atoms in total. The van der Waals surface area contributed by atoms with Crippen LogP contribution in [0.3, 0.4) is 0 Å². The van der Waals surface area contributed by atoms with Gasteiger partial charge >= 0.3 is 0 Å². The summed E-state index contributed by atoms with van der Waals surface area (Å²) in [6.07, 6.45) is 0. The fourth-order valence-corrected chi connectivity index (χ4v) is 2.74. The fourth-order valence-electron chi connectivity index (χ4n) is 1.05. The summed E-state index contributed by atoms with van der Waals surface area (Å²) in [6.45, 7) is 0. The molecule has 0 spiro atoms. The van der Waals surface area contributed by atoms with Gasteiger partial charge in [-0.05, 0) is 46.2 Å². The van der Waals surface area contributed by atoms with Gasteiger partial charge in [0.15, 0.2) is 0 Å². The molecule has 0 radical (unpaired) electrons. The Balaban J connectivity index is 2.96. The lowest BCUT2D eigenvalue weighted by Crippen LogP contribution is -1.84. The van der Waals surface area contributed by atoms with Crippen LogP contribution in [0.1, 0.15) is 0 Å². The van der Waals surface area contributed by atoms with Gasteiger partial charge < -0.3 is 5.73 Å². The van der Waals surface area contributed by atoms with Crippen molar-refractivity contribution < 1.29 is 0 Å². The van der Waals surface area contributed by atoms with Crippen LogP contribution >= 0.6 is 33.9 Å². The minimum atomic E-state index is 0.877. The Labute approximate surface area is 82.4 Å². The molecule has 0 amide bonds. The Bertz CT molecular complexity index is 358. The topological polar surface area (TPSA) is 26.0 Å². The summed E-state index contributed by atoms with van der Waals surface area (Å²) < 4.78 is 2.58. The van der Waals surface area contributed by atoms with Gasteiger partial charge in [-0.2, -0.15) is 0 Å². The first-order valence-corrected chi connectivity index (χ1v) is 5.16. The Morgan fingerprint density at radius 1 is 1.27 bits per heavy atom. The SMILES string of the molecule is Nc1ccc(I)c2sccc12. The van der Waals surface area contributed by atoms with Crippen LogP contribution in [0.5, 0.6) is 0 Å². The Morgan fingerprint density at radius 3 is 2.82 bits per heavy atom. The van der Waals surface area contributed by atoms with Gasteiger partial charge in [0.2, 0.25) is 0 Å². The number of rotatable bonds is 0. The molecule has 3 heteroatoms. The molecule has 2 rings (SSSR count). The van der Waals surface area contributed by atoms with Crippen LogP contribution in [0.15, 0.2) is 23.6 Å². The first-order valence-electron chi connectivity index (χ1n) is 3.20. The van der Waals surface area contributed by atoms with Crippen LogP contribution in [0.4, 0.5) is 5.69 Å². The molecule has 0 bridgehead atoms. The first-order chi connectivity index (χ1) is 5.29. The standard InChI is InChI=1S/C8H6INS/c9-6-1-2-7(10)5-3-4-11-8(5)6/h1-4H,10H2. The van der Waals surface area contributed by atoms with E-state index in [1.54, 1.807) is 11.3 Å². The van der Waals surface area contributed by atoms with Gasteiger partial charge in [0.25, 0.3) is 0 Å². The highest BCUT2D eigenvalue weighted by Gasteiger charge is 2.01. The highest BCUT2D eigenvalue weighted by molar-refractivity contribution is 14.1. The molecule has 2 aromatic rings. The normalized spacial score (nSPS) is 10.6. The second-order valence-electron chi connectivity index (χ2n) is 2.30. The third-order valence-electron chi connectivity index (χ3n) is 1.60. The van der Waals surface area contributed by atoms with Gasteiger partial charge in [0, 0.05) is 19.3 Å². The summed E-state index contributed by atoms with van der Waals surface area (Å²) in [6, 6.07) is 6.07. The molecule has 2 N–H and O–H groups in total. The molecule has 0 aliphatic carbocycles. The Hall–Kier alpha value is -0.290. The minimum Gasteiger partial charge on any atom is -0.398 e. The van der Waals surface area contributed by atoms with Crippen LogP contribution in [0, 0.1) is 3.57 Å². The molecule has 1 heterocycles. The number of nitrogens with two attached hydrogens (primary N) is 1. The molecular weight excluding hydrogens is 269 g/mol. The quantitative estimate of drug-likeness (QED) is 0.580. The van der Waals surface area contributed by atoms with Crippen LogP contribution in [-0.2, 0) is 0 Å². The van der Waals surface area contributed by atoms with Crippen molar-refractivity contribution >= 4 is 49.7 Å². The lowest BCUT2D eigenvalue weighted by atomic mass is 10.2. The average Bonchev–Trinajstić information content (AvgIpc) is 2.45. The van der Waals surface area contributed by atoms with E-state index in [2.05, 4.69) is 40.1 Å². The summed E-state index contributed by atoms with van der Waals surface area (Å²) in [5, 5.41) is 3.25. The van der Waals surface area contributed by atoms with Gasteiger partial charge in [0.05, 0.1) is 0 Å². The van der Waals surface area contributed by atoms with Crippen LogP contribution in [0.25, 0.3) is 10.1 Å². The second kappa shape index (κ2) is 2.64. The maximum Gasteiger partial charge on any atom is 0.0496 e. The zero-order chi connectivity index (χ0) is 7.84. The van der Waals surface area contributed by atoms with Crippen LogP contribution in [0.2, 0.25) is 0 Å². The number of anilines is 1. The number of hydrogen-bond donors (Lipinski definition) is 1. The molecule has 11 heavy (non-hydrogen) atoms. The van der Waals surface area contributed by atoms with Crippen molar-refractivity contribution in [2.45, 2.75) is 0 Å². The molecule has 1 aromatic heterocycles. The zero-order valence-corrected chi connectivity index (χ0v) is 8.65. The maximum atomic E-state index is 5.77. The number of hydrogen-bond acceptors (Lipinski definition) is 2. The molecule has 1 aromatic carbocycles. The summed E-state index contributed by atoms with van der Waals surface area (Å²) in [4.78, 5) is 0. The average molecular weight is 275 g/mol. The first kappa shape index (κ1) is 7.36. The van der Waals surface area contributed by atoms with Crippen molar-refractivity contribution in [3.8, 4) is 0 Å². The van der Waals surface area contributed by atoms with E-state index in [1.807, 2.05) is 6.07 Å². The lowest BCUT2D eigenvalue weighted by molar-refractivity contribution is 1.76. The number of thiophene rings is 1. The number of benzene rings is 1. The molecule has 0 aliphatic heterocycles. The van der Waals surface area contributed by atoms with E-state index in [1.165, 1.54) is 13.7 Å². The van der Waals surface area contributed by atoms with E-state index in [9.17, 15) is 0 Å². The molecule has 56 valence electrons. The van der Waals surface area contributed by atoms with Gasteiger partial charge in [-0.15, -0.1) is 11.3 Å². The molecule has 0 unspecified atom stereocenters. The molecule has 0 fully saturated rings. The predicted octanol–water partition coefficient (Wildman–Crippen LogP) is 3.09. The monoisotopic (exact) mass is 275 g/mol. The van der Waals surface area contributed by atoms with E-state index in [0.717, 1.165) is 5.69 Å². The summed E-state index contributed by atoms with van der Waals surface area (Å²) in [5.74, 6) is 0. The number of fused-ring (bicyclic) bond motifs is 1. The van der Waals surface area contributed by atoms with Crippen molar-refractivity contribution in [3.63, 3.8) is 0 Å². The van der Waals surface area contributed by atoms with Gasteiger partial charge in [-0.1, -0.05) is 0 Å². The summed E-state index contributed by atoms with van der Waals surface area (Å²) in [5.41, 5.74) is 6.65. The van der Waals surface area contributed by atoms with Crippen molar-refractivity contribution in [2.24, 2.45) is 0 Å². The molecule has 0 aliphatic rings. The number of halogens is 1. The fraction of sp³-hybridized carbons (Fsp3) is 0. The van der Waals surface area contributed by atoms with Gasteiger partial charge in [-0.3, -0.25) is 0 Å². The predicted molar refractivity (Wildman–Crippen MR) is 59.0 cm³/mol. The van der Waals surface area contributed by atoms with E-state index >= 15 is 0 Å². The Kier molecular flexibility index (Phi) is 1.77. The smallest absolute Gasteiger partial charge is 0.0496 e. The molecule has 0 saturated heterocycles. The van der Waals surface area contributed by atoms with E-state index in [0.29, 0.717) is 0 Å². The summed E-state index contributed by atoms with van der Waals surface area (Å²) >= 11 is 4.07. The molecular formula is C8H6INS. The van der Waals surface area contributed by atoms with E-state index in [4.69, 9.17) is 5.73 Å². The summed E-state index contributed by atoms with van der Waals surface area (Å²) in [7, 11) is 0. The van der Waals surface area contributed by atoms with E-state index in [-0.39, 0.29) is 0 Å². The molecule has 0 atom stereocenters. The maximum absolute atomic E-state index is 5.77. The van der Waals surface area contributed by atoms with Crippen molar-refractivity contribution in [3.05, 3.63) is 27.1 Å². The highest BCUT2D eigenvalue weighted by Crippen LogP contribution is 2.30. The van der Waals surface area contributed by atoms with E-state index < -0.39 is 0 Å². The van der Waals surface area contributed by atoms with Crippen molar-refractivity contribution in [1.82, 2.24) is 0 Å². The third-order valence-corrected chi connectivity index (χ3v) is 3.82. The minimum absolute atomic E-state index is 0.877. The van der Waals surface area contributed by atoms with Crippen molar-refractivity contribution in [2.75, 3.05) is 5.73 Å². The van der Waals surface area contributed by atoms with Crippen molar-refractivity contribution in [1.29, 1.82) is 0 Å².